The molecule has 0 aliphatic rings. The number of carbonyl (C=O) groups is 2. The molecule has 3 aromatic carbocycles. The highest BCUT2D eigenvalue weighted by Crippen LogP contribution is 2.24. The molecule has 0 bridgehead atoms. The van der Waals surface area contributed by atoms with Crippen LogP contribution in [0.3, 0.4) is 0 Å². The Bertz CT molecular complexity index is 1270. The molecule has 186 valence electrons. The Morgan fingerprint density at radius 3 is 2.09 bits per heavy atom. The van der Waals surface area contributed by atoms with Crippen LogP contribution in [0.25, 0.3) is 10.8 Å². The molecule has 0 saturated heterocycles. The molecule has 0 aromatic heterocycles. The summed E-state index contributed by atoms with van der Waals surface area (Å²) in [5, 5.41) is 2.61. The second-order valence-corrected chi connectivity index (χ2v) is 8.66. The van der Waals surface area contributed by atoms with Crippen LogP contribution in [0, 0.1) is 5.92 Å². The average molecular weight is 497 g/mol. The molecular weight excluding hydrogens is 464 g/mol. The monoisotopic (exact) mass is 496 g/mol. The molecule has 3 aromatic rings. The summed E-state index contributed by atoms with van der Waals surface area (Å²) in [5.74, 6) is -2.54. The van der Waals surface area contributed by atoms with Gasteiger partial charge in [0.25, 0.3) is 5.91 Å². The van der Waals surface area contributed by atoms with Crippen LogP contribution in [0.5, 0.6) is 0 Å². The van der Waals surface area contributed by atoms with Crippen LogP contribution in [0.15, 0.2) is 71.1 Å². The van der Waals surface area contributed by atoms with Gasteiger partial charge in [0.1, 0.15) is 5.92 Å². The van der Waals surface area contributed by atoms with E-state index in [1.54, 1.807) is 38.1 Å². The van der Waals surface area contributed by atoms with Crippen molar-refractivity contribution in [3.05, 3.63) is 72.3 Å². The van der Waals surface area contributed by atoms with Crippen molar-refractivity contribution in [1.82, 2.24) is 4.90 Å². The van der Waals surface area contributed by atoms with Crippen molar-refractivity contribution < 1.29 is 18.0 Å². The van der Waals surface area contributed by atoms with Crippen molar-refractivity contribution in [2.75, 3.05) is 37.8 Å². The number of fused-ring (bicyclic) bond motifs is 1. The molecule has 0 spiro atoms. The minimum Gasteiger partial charge on any atom is -0.399 e. The second kappa shape index (κ2) is 13.2. The zero-order valence-corrected chi connectivity index (χ0v) is 21.3. The molecule has 1 atom stereocenters. The summed E-state index contributed by atoms with van der Waals surface area (Å²) in [6.07, 6.45) is 0.0785. The lowest BCUT2D eigenvalue weighted by atomic mass is 9.97. The summed E-state index contributed by atoms with van der Waals surface area (Å²) in [5.41, 5.74) is 8.14. The maximum Gasteiger partial charge on any atom is 0.319 e. The van der Waals surface area contributed by atoms with Gasteiger partial charge in [-0.3, -0.25) is 9.59 Å². The van der Waals surface area contributed by atoms with Gasteiger partial charge in [-0.15, -0.1) is 0 Å². The summed E-state index contributed by atoms with van der Waals surface area (Å²) in [7, 11) is 1.27. The first-order valence-electron chi connectivity index (χ1n) is 11.3. The SMILES string of the molecule is CCN(CC)C(=O)C(Cc1ccc(N)cc1)C(=O)N=S(=O)=O.CN(C)c1cccc2ccccc12. The smallest absolute Gasteiger partial charge is 0.319 e. The average Bonchev–Trinajstić information content (AvgIpc) is 2.83. The van der Waals surface area contributed by atoms with Crippen LogP contribution in [-0.2, 0) is 26.5 Å². The van der Waals surface area contributed by atoms with Crippen LogP contribution in [-0.4, -0.2) is 52.3 Å². The van der Waals surface area contributed by atoms with Crippen LogP contribution in [0.1, 0.15) is 19.4 Å². The van der Waals surface area contributed by atoms with E-state index in [1.165, 1.54) is 21.4 Å². The van der Waals surface area contributed by atoms with E-state index < -0.39 is 28.2 Å². The lowest BCUT2D eigenvalue weighted by molar-refractivity contribution is -0.140. The summed E-state index contributed by atoms with van der Waals surface area (Å²) in [6.45, 7) is 4.44. The van der Waals surface area contributed by atoms with Crippen LogP contribution in [0.2, 0.25) is 0 Å². The molecule has 2 amide bonds. The quantitative estimate of drug-likeness (QED) is 0.393. The molecule has 35 heavy (non-hydrogen) atoms. The van der Waals surface area contributed by atoms with Crippen LogP contribution < -0.4 is 10.6 Å². The minimum atomic E-state index is -2.88. The highest BCUT2D eigenvalue weighted by atomic mass is 32.2. The van der Waals surface area contributed by atoms with E-state index in [1.807, 2.05) is 0 Å². The predicted octanol–water partition coefficient (Wildman–Crippen LogP) is 3.79. The van der Waals surface area contributed by atoms with E-state index in [4.69, 9.17) is 5.73 Å². The van der Waals surface area contributed by atoms with Gasteiger partial charge in [-0.2, -0.15) is 8.42 Å². The molecule has 8 nitrogen and oxygen atoms in total. The van der Waals surface area contributed by atoms with Crippen molar-refractivity contribution in [2.24, 2.45) is 10.3 Å². The van der Waals surface area contributed by atoms with Crippen LogP contribution in [0.4, 0.5) is 11.4 Å². The molecule has 9 heteroatoms. The topological polar surface area (TPSA) is 113 Å². The first-order valence-corrected chi connectivity index (χ1v) is 12.3. The Kier molecular flexibility index (Phi) is 10.4. The zero-order valence-electron chi connectivity index (χ0n) is 20.5. The number of hydrogen-bond donors (Lipinski definition) is 1. The number of nitrogen functional groups attached to an aromatic ring is 1. The molecule has 0 aliphatic heterocycles. The Morgan fingerprint density at radius 1 is 0.914 bits per heavy atom. The summed E-state index contributed by atoms with van der Waals surface area (Å²) in [6, 6.07) is 21.5. The molecule has 0 heterocycles. The van der Waals surface area contributed by atoms with Crippen LogP contribution >= 0.6 is 0 Å². The lowest BCUT2D eigenvalue weighted by Crippen LogP contribution is -2.39. The van der Waals surface area contributed by atoms with E-state index in [9.17, 15) is 18.0 Å². The maximum atomic E-state index is 12.4. The van der Waals surface area contributed by atoms with Gasteiger partial charge in [-0.05, 0) is 49.4 Å². The number of carbonyl (C=O) groups excluding carboxylic acids is 2. The van der Waals surface area contributed by atoms with Crippen molar-refractivity contribution in [1.29, 1.82) is 0 Å². The predicted molar refractivity (Wildman–Crippen MR) is 141 cm³/mol. The number of rotatable bonds is 7. The van der Waals surface area contributed by atoms with Gasteiger partial charge in [0.05, 0.1) is 0 Å². The lowest BCUT2D eigenvalue weighted by Gasteiger charge is -2.23. The second-order valence-electron chi connectivity index (χ2n) is 8.05. The van der Waals surface area contributed by atoms with E-state index in [0.29, 0.717) is 24.3 Å². The van der Waals surface area contributed by atoms with Crippen molar-refractivity contribution in [3.63, 3.8) is 0 Å². The Hall–Kier alpha value is -3.72. The van der Waals surface area contributed by atoms with Gasteiger partial charge in [0.15, 0.2) is 0 Å². The van der Waals surface area contributed by atoms with Crippen molar-refractivity contribution in [2.45, 2.75) is 20.3 Å². The van der Waals surface area contributed by atoms with Crippen molar-refractivity contribution >= 4 is 44.5 Å². The number of benzene rings is 3. The summed E-state index contributed by atoms with van der Waals surface area (Å²) < 4.78 is 24.2. The van der Waals surface area contributed by atoms with Crippen molar-refractivity contribution in [3.8, 4) is 0 Å². The first-order chi connectivity index (χ1) is 16.7. The Labute approximate surface area is 208 Å². The number of amides is 2. The minimum absolute atomic E-state index is 0.0785. The summed E-state index contributed by atoms with van der Waals surface area (Å²) in [4.78, 5) is 28.0. The van der Waals surface area contributed by atoms with Gasteiger partial charge in [0.2, 0.25) is 5.91 Å². The number of nitrogens with two attached hydrogens (primary N) is 1. The third-order valence-electron chi connectivity index (χ3n) is 5.50. The molecule has 1 unspecified atom stereocenters. The summed E-state index contributed by atoms with van der Waals surface area (Å²) >= 11 is 0. The fraction of sp³-hybridized carbons (Fsp3) is 0.308. The number of nitrogens with zero attached hydrogens (tertiary/aromatic N) is 3. The number of hydrogen-bond acceptors (Lipinski definition) is 6. The van der Waals surface area contributed by atoms with E-state index >= 15 is 0 Å². The Morgan fingerprint density at radius 2 is 1.51 bits per heavy atom. The molecule has 0 radical (unpaired) electrons. The third-order valence-corrected chi connectivity index (χ3v) is 5.83. The Balaban J connectivity index is 0.000000279. The first kappa shape index (κ1) is 27.5. The molecule has 0 aliphatic carbocycles. The van der Waals surface area contributed by atoms with Gasteiger partial charge in [-0.1, -0.05) is 52.9 Å². The number of anilines is 2. The van der Waals surface area contributed by atoms with Gasteiger partial charge in [0, 0.05) is 43.9 Å². The normalized spacial score (nSPS) is 11.1. The fourth-order valence-electron chi connectivity index (χ4n) is 3.66. The fourth-order valence-corrected chi connectivity index (χ4v) is 3.93. The highest BCUT2D eigenvalue weighted by Gasteiger charge is 2.30. The molecule has 0 saturated carbocycles. The van der Waals surface area contributed by atoms with Gasteiger partial charge >= 0.3 is 10.5 Å². The van der Waals surface area contributed by atoms with E-state index in [2.05, 4.69) is 65.8 Å². The molecular formula is C26H32N4O4S. The molecule has 0 fully saturated rings. The third kappa shape index (κ3) is 7.92. The largest absolute Gasteiger partial charge is 0.399 e. The van der Waals surface area contributed by atoms with E-state index in [0.717, 1.165) is 0 Å². The maximum absolute atomic E-state index is 12.4. The van der Waals surface area contributed by atoms with E-state index in [-0.39, 0.29) is 6.42 Å². The van der Waals surface area contributed by atoms with Gasteiger partial charge < -0.3 is 15.5 Å². The zero-order chi connectivity index (χ0) is 26.0. The molecule has 2 N–H and O–H groups in total. The molecule has 3 rings (SSSR count). The van der Waals surface area contributed by atoms with Gasteiger partial charge in [-0.25, -0.2) is 0 Å². The highest BCUT2D eigenvalue weighted by molar-refractivity contribution is 7.62. The standard InChI is InChI=1S/C14H19N3O4S.C12H13N/c1-3-17(4-2)14(19)12(13(18)16-22(20)21)9-10-5-7-11(15)8-6-10;1-13(2)12-9-5-7-10-6-3-4-8-11(10)12/h5-8,12H,3-4,9,15H2,1-2H3;3-9H,1-2H3.